The van der Waals surface area contributed by atoms with Crippen molar-refractivity contribution in [2.45, 2.75) is 6.10 Å². The fraction of sp³-hybridized carbons (Fsp3) is 0.333. The fourth-order valence-corrected chi connectivity index (χ4v) is 0.520. The van der Waals surface area contributed by atoms with Crippen LogP contribution in [0.25, 0.3) is 0 Å². The van der Waals surface area contributed by atoms with E-state index in [0.29, 0.717) is 0 Å². The van der Waals surface area contributed by atoms with Crippen molar-refractivity contribution in [3.63, 3.8) is 0 Å². The topological polar surface area (TPSA) is 32.3 Å². The van der Waals surface area contributed by atoms with Crippen molar-refractivity contribution < 1.29 is 28.7 Å². The van der Waals surface area contributed by atoms with Gasteiger partial charge in [0, 0.05) is 0 Å². The zero-order chi connectivity index (χ0) is 5.82. The number of allylic oxidation sites excluding steroid dienone is 2. The van der Waals surface area contributed by atoms with Crippen LogP contribution in [0.3, 0.4) is 0 Å². The molecule has 1 atom stereocenters. The molecule has 1 aliphatic rings. The van der Waals surface area contributed by atoms with Crippen LogP contribution in [0.5, 0.6) is 0 Å². The molecule has 0 bridgehead atoms. The normalized spacial score (nSPS) is 22.6. The second kappa shape index (κ2) is 4.69. The van der Waals surface area contributed by atoms with Crippen LogP contribution in [0.15, 0.2) is 24.5 Å². The summed E-state index contributed by atoms with van der Waals surface area (Å²) in [7, 11) is 0. The Balaban J connectivity index is 0.000000640. The average molecular weight is 118 g/mol. The first-order chi connectivity index (χ1) is 3.93. The van der Waals surface area contributed by atoms with E-state index < -0.39 is 0 Å². The van der Waals surface area contributed by atoms with Crippen LogP contribution in [0.1, 0.15) is 0 Å². The van der Waals surface area contributed by atoms with Crippen molar-refractivity contribution in [1.29, 1.82) is 0 Å². The van der Waals surface area contributed by atoms with Gasteiger partial charge in [0.25, 0.3) is 0 Å². The van der Waals surface area contributed by atoms with Crippen LogP contribution in [0.4, 0.5) is 0 Å². The summed E-state index contributed by atoms with van der Waals surface area (Å²) in [5.74, 6) is 0. The average Bonchev–Trinajstić information content (AvgIpc) is 1.90. The van der Waals surface area contributed by atoms with Crippen LogP contribution in [-0.2, 0) is 4.74 Å². The van der Waals surface area contributed by atoms with E-state index >= 15 is 0 Å². The van der Waals surface area contributed by atoms with Gasteiger partial charge in [-0.2, -0.15) is 0 Å². The van der Waals surface area contributed by atoms with E-state index in [2.05, 4.69) is 0 Å². The monoisotopic (exact) mass is 118 g/mol. The van der Waals surface area contributed by atoms with Gasteiger partial charge >= 0.3 is 18.9 Å². The molecular weight excluding hydrogens is 111 g/mol. The first-order valence-electron chi connectivity index (χ1n) is 2.50. The van der Waals surface area contributed by atoms with Gasteiger partial charge in [0.1, 0.15) is 6.10 Å². The van der Waals surface area contributed by atoms with E-state index in [0.717, 1.165) is 0 Å². The smallest absolute Gasteiger partial charge is 0.852 e. The Morgan fingerprint density at radius 3 is 2.56 bits per heavy atom. The molecule has 0 N–H and O–H groups in total. The zero-order valence-electron chi connectivity index (χ0n) is 5.41. The molecule has 1 heterocycles. The summed E-state index contributed by atoms with van der Waals surface area (Å²) < 4.78 is 4.85. The Morgan fingerprint density at radius 2 is 2.22 bits per heavy atom. The summed E-state index contributed by atoms with van der Waals surface area (Å²) in [6.45, 7) is -0.194. The van der Waals surface area contributed by atoms with Crippen molar-refractivity contribution >= 4 is 0 Å². The van der Waals surface area contributed by atoms with Crippen molar-refractivity contribution in [2.75, 3.05) is 6.61 Å². The second-order valence-corrected chi connectivity index (χ2v) is 1.55. The third-order valence-corrected chi connectivity index (χ3v) is 0.933. The van der Waals surface area contributed by atoms with Crippen LogP contribution in [0, 0.1) is 0 Å². The third-order valence-electron chi connectivity index (χ3n) is 0.933. The number of ether oxygens (including phenoxy) is 1. The summed E-state index contributed by atoms with van der Waals surface area (Å²) in [5.41, 5.74) is 0. The first kappa shape index (κ1) is 8.84. The minimum atomic E-state index is -0.236. The van der Waals surface area contributed by atoms with Gasteiger partial charge in [-0.25, -0.2) is 0 Å². The van der Waals surface area contributed by atoms with Crippen molar-refractivity contribution in [3.8, 4) is 0 Å². The van der Waals surface area contributed by atoms with Gasteiger partial charge in [-0.1, -0.05) is 12.7 Å². The minimum absolute atomic E-state index is 0. The van der Waals surface area contributed by atoms with Gasteiger partial charge in [0.15, 0.2) is 0 Å². The van der Waals surface area contributed by atoms with Crippen LogP contribution >= 0.6 is 0 Å². The molecule has 3 heteroatoms. The number of hydrogen-bond donors (Lipinski definition) is 0. The van der Waals surface area contributed by atoms with Crippen molar-refractivity contribution in [1.82, 2.24) is 0 Å². The van der Waals surface area contributed by atoms with E-state index in [9.17, 15) is 5.11 Å². The minimum Gasteiger partial charge on any atom is -0.852 e. The van der Waals surface area contributed by atoms with Crippen LogP contribution in [0.2, 0.25) is 0 Å². The molecule has 2 nitrogen and oxygen atoms in total. The molecule has 0 amide bonds. The summed E-state index contributed by atoms with van der Waals surface area (Å²) >= 11 is 0. The zero-order valence-corrected chi connectivity index (χ0v) is 5.41. The maximum absolute atomic E-state index is 10.1. The number of rotatable bonds is 1. The van der Waals surface area contributed by atoms with Gasteiger partial charge < -0.3 is 9.84 Å². The fourth-order valence-electron chi connectivity index (χ4n) is 0.520. The Labute approximate surface area is 66.4 Å². The predicted octanol–water partition coefficient (Wildman–Crippen LogP) is -3.18. The van der Waals surface area contributed by atoms with E-state index in [1.165, 1.54) is 6.26 Å². The van der Waals surface area contributed by atoms with Crippen LogP contribution in [-0.4, -0.2) is 12.7 Å². The summed E-state index contributed by atoms with van der Waals surface area (Å²) in [4.78, 5) is 0. The molecule has 0 saturated heterocycles. The summed E-state index contributed by atoms with van der Waals surface area (Å²) in [6.07, 6.45) is 6.60. The van der Waals surface area contributed by atoms with Gasteiger partial charge in [-0.05, 0) is 12.2 Å². The van der Waals surface area contributed by atoms with E-state index in [1.54, 1.807) is 12.2 Å². The molecule has 0 saturated carbocycles. The molecular formula is C6H7LiO2. The van der Waals surface area contributed by atoms with Crippen molar-refractivity contribution in [3.05, 3.63) is 24.5 Å². The van der Waals surface area contributed by atoms with Gasteiger partial charge in [-0.15, -0.1) is 0 Å². The first-order valence-corrected chi connectivity index (χ1v) is 2.50. The molecule has 0 fully saturated rings. The quantitative estimate of drug-likeness (QED) is 0.340. The molecule has 0 aromatic heterocycles. The van der Waals surface area contributed by atoms with Gasteiger partial charge in [-0.3, -0.25) is 0 Å². The maximum atomic E-state index is 10.1. The van der Waals surface area contributed by atoms with E-state index in [-0.39, 0.29) is 31.6 Å². The van der Waals surface area contributed by atoms with Crippen LogP contribution < -0.4 is 24.0 Å². The number of hydrogen-bond acceptors (Lipinski definition) is 2. The molecule has 9 heavy (non-hydrogen) atoms. The molecule has 1 unspecified atom stereocenters. The van der Waals surface area contributed by atoms with Gasteiger partial charge in [0.05, 0.1) is 6.26 Å². The molecule has 1 aliphatic heterocycles. The van der Waals surface area contributed by atoms with Gasteiger partial charge in [0.2, 0.25) is 0 Å². The Kier molecular flexibility index (Phi) is 4.61. The standard InChI is InChI=1S/C6H7O2.Li/c7-5-6-3-1-2-4-8-6;/h1-4,6H,5H2;/q-1;+1. The molecule has 0 aromatic carbocycles. The summed E-state index contributed by atoms with van der Waals surface area (Å²) in [6, 6.07) is 0. The maximum Gasteiger partial charge on any atom is 1.00 e. The summed E-state index contributed by atoms with van der Waals surface area (Å²) in [5, 5.41) is 10.1. The molecule has 0 spiro atoms. The third kappa shape index (κ3) is 2.76. The Hall–Kier alpha value is -0.163. The largest absolute Gasteiger partial charge is 1.00 e. The molecule has 1 rings (SSSR count). The Bertz CT molecular complexity index is 120. The SMILES string of the molecule is [Li+].[O-]CC1C=CC=CO1. The molecule has 44 valence electrons. The van der Waals surface area contributed by atoms with E-state index in [4.69, 9.17) is 4.74 Å². The van der Waals surface area contributed by atoms with E-state index in [1.807, 2.05) is 6.08 Å². The molecule has 0 aliphatic carbocycles. The predicted molar refractivity (Wildman–Crippen MR) is 28.0 cm³/mol. The Morgan fingerprint density at radius 1 is 1.44 bits per heavy atom. The molecule has 0 aromatic rings. The second-order valence-electron chi connectivity index (χ2n) is 1.55. The van der Waals surface area contributed by atoms with Crippen molar-refractivity contribution in [2.24, 2.45) is 0 Å². The molecule has 0 radical (unpaired) electrons.